The number of nitro groups is 1. The number of rotatable bonds is 1. The van der Waals surface area contributed by atoms with E-state index in [0.29, 0.717) is 11.6 Å². The van der Waals surface area contributed by atoms with Crippen LogP contribution in [-0.4, -0.2) is 33.6 Å². The van der Waals surface area contributed by atoms with Gasteiger partial charge in [-0.3, -0.25) is 0 Å². The summed E-state index contributed by atoms with van der Waals surface area (Å²) in [5.41, 5.74) is 1.93. The van der Waals surface area contributed by atoms with Crippen LogP contribution in [0.5, 0.6) is 0 Å². The van der Waals surface area contributed by atoms with E-state index in [1.165, 1.54) is 0 Å². The molecule has 0 spiro atoms. The molecule has 0 fully saturated rings. The molecule has 1 aromatic rings. The van der Waals surface area contributed by atoms with E-state index < -0.39 is 11.2 Å². The van der Waals surface area contributed by atoms with E-state index in [2.05, 4.69) is 35.9 Å². The zero-order valence-electron chi connectivity index (χ0n) is 7.67. The van der Waals surface area contributed by atoms with Crippen LogP contribution in [0.2, 0.25) is 0 Å². The SMILES string of the molecule is O=[N+]([O-])NC1=NC2Nc3nonc3NC2N1. The normalized spacial score (nSPS) is 25.4. The summed E-state index contributed by atoms with van der Waals surface area (Å²) < 4.78 is 4.50. The van der Waals surface area contributed by atoms with Crippen molar-refractivity contribution in [2.75, 3.05) is 10.6 Å². The molecule has 0 aliphatic carbocycles. The van der Waals surface area contributed by atoms with E-state index in [0.717, 1.165) is 0 Å². The number of hydrogen-bond donors (Lipinski definition) is 4. The molecule has 11 nitrogen and oxygen atoms in total. The molecule has 0 saturated carbocycles. The lowest BCUT2D eigenvalue weighted by molar-refractivity contribution is -0.525. The predicted molar refractivity (Wildman–Crippen MR) is 49.8 cm³/mol. The Kier molecular flexibility index (Phi) is 1.60. The van der Waals surface area contributed by atoms with Crippen LogP contribution in [-0.2, 0) is 0 Å². The van der Waals surface area contributed by atoms with Gasteiger partial charge in [-0.1, -0.05) is 5.43 Å². The third kappa shape index (κ3) is 1.25. The van der Waals surface area contributed by atoms with E-state index in [-0.39, 0.29) is 12.1 Å². The van der Waals surface area contributed by atoms with Gasteiger partial charge < -0.3 is 16.0 Å². The second-order valence-corrected chi connectivity index (χ2v) is 3.16. The molecule has 2 aliphatic rings. The van der Waals surface area contributed by atoms with E-state index in [1.54, 1.807) is 0 Å². The van der Waals surface area contributed by atoms with Crippen LogP contribution in [0.15, 0.2) is 9.62 Å². The Morgan fingerprint density at radius 3 is 2.81 bits per heavy atom. The number of hydrogen-bond acceptors (Lipinski definition) is 9. The van der Waals surface area contributed by atoms with Crippen molar-refractivity contribution in [3.8, 4) is 0 Å². The van der Waals surface area contributed by atoms with Gasteiger partial charge in [0, 0.05) is 0 Å². The van der Waals surface area contributed by atoms with Crippen LogP contribution in [0.3, 0.4) is 0 Å². The Labute approximate surface area is 87.4 Å². The molecule has 0 amide bonds. The van der Waals surface area contributed by atoms with Gasteiger partial charge in [-0.05, 0) is 10.3 Å². The largest absolute Gasteiger partial charge is 0.341 e. The zero-order valence-corrected chi connectivity index (χ0v) is 7.67. The van der Waals surface area contributed by atoms with Gasteiger partial charge in [0.25, 0.3) is 5.96 Å². The van der Waals surface area contributed by atoms with E-state index in [4.69, 9.17) is 0 Å². The van der Waals surface area contributed by atoms with E-state index in [1.807, 2.05) is 5.43 Å². The first kappa shape index (κ1) is 8.70. The van der Waals surface area contributed by atoms with Crippen molar-refractivity contribution in [2.45, 2.75) is 12.3 Å². The molecular weight excluding hydrogens is 220 g/mol. The highest BCUT2D eigenvalue weighted by atomic mass is 16.7. The van der Waals surface area contributed by atoms with Gasteiger partial charge in [0.2, 0.25) is 11.6 Å². The number of fused-ring (bicyclic) bond motifs is 2. The van der Waals surface area contributed by atoms with Crippen LogP contribution >= 0.6 is 0 Å². The minimum absolute atomic E-state index is 0.0714. The van der Waals surface area contributed by atoms with Crippen molar-refractivity contribution in [2.24, 2.45) is 4.99 Å². The number of nitrogens with one attached hydrogen (secondary N) is 4. The van der Waals surface area contributed by atoms with Crippen LogP contribution in [0.25, 0.3) is 0 Å². The van der Waals surface area contributed by atoms with Gasteiger partial charge in [0.05, 0.1) is 0 Å². The molecule has 4 N–H and O–H groups in total. The molecule has 0 aromatic carbocycles. The molecule has 0 saturated heterocycles. The molecule has 0 bridgehead atoms. The minimum Gasteiger partial charge on any atom is -0.341 e. The highest BCUT2D eigenvalue weighted by molar-refractivity contribution is 5.83. The molecule has 16 heavy (non-hydrogen) atoms. The van der Waals surface area contributed by atoms with Crippen LogP contribution in [0.4, 0.5) is 11.6 Å². The lowest BCUT2D eigenvalue weighted by Gasteiger charge is -2.24. The van der Waals surface area contributed by atoms with Gasteiger partial charge in [-0.2, -0.15) is 0 Å². The first-order valence-electron chi connectivity index (χ1n) is 4.33. The second kappa shape index (κ2) is 2.95. The maximum absolute atomic E-state index is 10.2. The summed E-state index contributed by atoms with van der Waals surface area (Å²) in [6.07, 6.45) is -0.733. The van der Waals surface area contributed by atoms with Crippen molar-refractivity contribution in [3.63, 3.8) is 0 Å². The molecule has 3 heterocycles. The average molecular weight is 226 g/mol. The molecule has 84 valence electrons. The van der Waals surface area contributed by atoms with Crippen molar-refractivity contribution >= 4 is 17.6 Å². The monoisotopic (exact) mass is 226 g/mol. The molecule has 2 aliphatic heterocycles. The first-order valence-corrected chi connectivity index (χ1v) is 4.33. The molecule has 1 aromatic heterocycles. The van der Waals surface area contributed by atoms with Crippen LogP contribution in [0.1, 0.15) is 0 Å². The number of hydrazine groups is 1. The van der Waals surface area contributed by atoms with Crippen LogP contribution in [0, 0.1) is 10.1 Å². The lowest BCUT2D eigenvalue weighted by Crippen LogP contribution is -2.49. The summed E-state index contributed by atoms with van der Waals surface area (Å²) in [5.74, 6) is 0.933. The molecular formula is C5H6N8O3. The predicted octanol–water partition coefficient (Wildman–Crippen LogP) is -1.70. The summed E-state index contributed by atoms with van der Waals surface area (Å²) in [6.45, 7) is 0. The Balaban J connectivity index is 1.78. The number of aliphatic imine (C=N–C) groups is 1. The minimum atomic E-state index is -0.692. The molecule has 3 rings (SSSR count). The van der Waals surface area contributed by atoms with Gasteiger partial charge in [-0.15, -0.1) is 0 Å². The van der Waals surface area contributed by atoms with E-state index in [9.17, 15) is 10.1 Å². The summed E-state index contributed by atoms with van der Waals surface area (Å²) in [7, 11) is 0. The summed E-state index contributed by atoms with van der Waals surface area (Å²) in [6, 6.07) is 0. The van der Waals surface area contributed by atoms with Crippen molar-refractivity contribution in [3.05, 3.63) is 10.1 Å². The standard InChI is InChI=1S/C5H6N8O3/c14-13(15)10-5-8-1-2(9-5)7-4-3(6-1)11-16-12-4/h1-2H,(H,6,11)(H,7,12)(H2,8,9,10). The summed E-state index contributed by atoms with van der Waals surface area (Å²) in [4.78, 5) is 14.2. The molecule has 11 heteroatoms. The number of guanidine groups is 1. The van der Waals surface area contributed by atoms with Crippen molar-refractivity contribution in [1.29, 1.82) is 0 Å². The molecule has 0 radical (unpaired) electrons. The number of anilines is 2. The quantitative estimate of drug-likeness (QED) is 0.325. The van der Waals surface area contributed by atoms with Gasteiger partial charge in [-0.25, -0.2) is 19.7 Å². The first-order chi connectivity index (χ1) is 7.72. The average Bonchev–Trinajstić information content (AvgIpc) is 2.76. The van der Waals surface area contributed by atoms with Crippen LogP contribution < -0.4 is 21.4 Å². The molecule has 2 atom stereocenters. The fourth-order valence-corrected chi connectivity index (χ4v) is 1.52. The van der Waals surface area contributed by atoms with Gasteiger partial charge in [0.15, 0.2) is 11.2 Å². The fourth-order valence-electron chi connectivity index (χ4n) is 1.52. The Morgan fingerprint density at radius 1 is 1.31 bits per heavy atom. The Bertz CT molecular complexity index is 468. The maximum Gasteiger partial charge on any atom is 0.258 e. The highest BCUT2D eigenvalue weighted by Crippen LogP contribution is 2.25. The van der Waals surface area contributed by atoms with Crippen molar-refractivity contribution < 1.29 is 9.66 Å². The number of aromatic nitrogens is 2. The summed E-state index contributed by atoms with van der Waals surface area (Å²) >= 11 is 0. The number of nitrogens with zero attached hydrogens (tertiary/aromatic N) is 4. The smallest absolute Gasteiger partial charge is 0.258 e. The zero-order chi connectivity index (χ0) is 11.1. The van der Waals surface area contributed by atoms with Crippen molar-refractivity contribution in [1.82, 2.24) is 21.1 Å². The Hall–Kier alpha value is -2.59. The van der Waals surface area contributed by atoms with Gasteiger partial charge >= 0.3 is 0 Å². The third-order valence-corrected chi connectivity index (χ3v) is 2.14. The topological polar surface area (TPSA) is 143 Å². The Morgan fingerprint density at radius 2 is 2.06 bits per heavy atom. The molecule has 2 unspecified atom stereocenters. The maximum atomic E-state index is 10.2. The lowest BCUT2D eigenvalue weighted by atomic mass is 10.3. The fraction of sp³-hybridized carbons (Fsp3) is 0.400. The highest BCUT2D eigenvalue weighted by Gasteiger charge is 2.36. The summed E-state index contributed by atoms with van der Waals surface area (Å²) in [5, 5.41) is 25.3. The third-order valence-electron chi connectivity index (χ3n) is 2.14. The van der Waals surface area contributed by atoms with Gasteiger partial charge in [0.1, 0.15) is 6.17 Å². The second-order valence-electron chi connectivity index (χ2n) is 3.16. The van der Waals surface area contributed by atoms with E-state index >= 15 is 0 Å².